The number of benzene rings is 1. The summed E-state index contributed by atoms with van der Waals surface area (Å²) in [5.41, 5.74) is 10.5. The first-order valence-electron chi connectivity index (χ1n) is 9.97. The largest absolute Gasteiger partial charge is 0.480 e. The number of aromatic nitrogens is 2. The number of nitrogens with two attached hydrogens (primary N) is 2. The number of nitrogens with one attached hydrogen (secondary N) is 1. The first-order chi connectivity index (χ1) is 15.3. The summed E-state index contributed by atoms with van der Waals surface area (Å²) < 4.78 is 1.36. The summed E-state index contributed by atoms with van der Waals surface area (Å²) in [5.74, 6) is -2.06. The zero-order valence-electron chi connectivity index (χ0n) is 17.3. The first kappa shape index (κ1) is 22.5. The molecule has 0 radical (unpaired) electrons. The van der Waals surface area contributed by atoms with Crippen LogP contribution in [0.25, 0.3) is 10.8 Å². The van der Waals surface area contributed by atoms with E-state index in [4.69, 9.17) is 11.5 Å². The predicted molar refractivity (Wildman–Crippen MR) is 120 cm³/mol. The van der Waals surface area contributed by atoms with Gasteiger partial charge < -0.3 is 26.5 Å². The average Bonchev–Trinajstić information content (AvgIpc) is 2.76. The number of aliphatic imine (C=N–C) groups is 1. The molecule has 1 aromatic carbocycles. The smallest absolute Gasteiger partial charge is 0.326 e. The molecule has 3 rings (SSSR count). The van der Waals surface area contributed by atoms with Crippen LogP contribution in [0.1, 0.15) is 28.9 Å². The van der Waals surface area contributed by atoms with Crippen LogP contribution in [-0.2, 0) is 11.3 Å². The molecule has 0 spiro atoms. The van der Waals surface area contributed by atoms with Crippen molar-refractivity contribution in [1.29, 1.82) is 0 Å². The second-order valence-electron chi connectivity index (χ2n) is 7.19. The zero-order valence-corrected chi connectivity index (χ0v) is 17.3. The zero-order chi connectivity index (χ0) is 23.1. The number of amides is 1. The summed E-state index contributed by atoms with van der Waals surface area (Å²) in [6.45, 7) is 0.407. The van der Waals surface area contributed by atoms with Crippen molar-refractivity contribution in [2.45, 2.75) is 25.4 Å². The van der Waals surface area contributed by atoms with E-state index in [0.29, 0.717) is 12.1 Å². The molecule has 32 heavy (non-hydrogen) atoms. The second kappa shape index (κ2) is 10.2. The Morgan fingerprint density at radius 3 is 2.62 bits per heavy atom. The van der Waals surface area contributed by atoms with Crippen LogP contribution in [0.5, 0.6) is 0 Å². The molecule has 6 N–H and O–H groups in total. The van der Waals surface area contributed by atoms with Crippen LogP contribution in [0, 0.1) is 0 Å². The Bertz CT molecular complexity index is 1220. The van der Waals surface area contributed by atoms with Gasteiger partial charge in [0.2, 0.25) is 0 Å². The van der Waals surface area contributed by atoms with E-state index in [9.17, 15) is 19.5 Å². The predicted octanol–water partition coefficient (Wildman–Crippen LogP) is 0.681. The van der Waals surface area contributed by atoms with E-state index >= 15 is 0 Å². The van der Waals surface area contributed by atoms with E-state index in [0.717, 1.165) is 10.8 Å². The number of hydrogen-bond donors (Lipinski definition) is 4. The van der Waals surface area contributed by atoms with Crippen molar-refractivity contribution in [3.63, 3.8) is 0 Å². The maximum Gasteiger partial charge on any atom is 0.326 e. The fourth-order valence-electron chi connectivity index (χ4n) is 3.22. The lowest BCUT2D eigenvalue weighted by molar-refractivity contribution is -0.139. The monoisotopic (exact) mass is 436 g/mol. The Labute approximate surface area is 183 Å². The molecule has 0 bridgehead atoms. The van der Waals surface area contributed by atoms with Crippen molar-refractivity contribution in [3.8, 4) is 0 Å². The van der Waals surface area contributed by atoms with Gasteiger partial charge in [0, 0.05) is 24.3 Å². The molecule has 0 fully saturated rings. The van der Waals surface area contributed by atoms with Crippen molar-refractivity contribution >= 4 is 28.6 Å². The summed E-state index contributed by atoms with van der Waals surface area (Å²) in [6.07, 6.45) is 3.74. The van der Waals surface area contributed by atoms with Gasteiger partial charge in [0.1, 0.15) is 11.6 Å². The van der Waals surface area contributed by atoms with E-state index in [1.807, 2.05) is 30.3 Å². The van der Waals surface area contributed by atoms with Crippen LogP contribution in [0.2, 0.25) is 0 Å². The highest BCUT2D eigenvalue weighted by atomic mass is 16.4. The molecule has 0 unspecified atom stereocenters. The Balaban J connectivity index is 1.74. The fourth-order valence-corrected chi connectivity index (χ4v) is 3.22. The van der Waals surface area contributed by atoms with Gasteiger partial charge in [0.25, 0.3) is 11.5 Å². The molecule has 0 aliphatic heterocycles. The minimum atomic E-state index is -1.21. The standard InChI is InChI=1S/C22H24N6O4/c23-22(24)25-9-3-8-18(21(31)32)27-19(29)17-7-4-10-28(20(17)30)13-16-11-14-5-1-2-6-15(14)12-26-16/h1-2,4-7,10-12,18H,3,8-9,13H2,(H,27,29)(H,31,32)(H4,23,24,25)/t18-/m0/s1. The normalized spacial score (nSPS) is 11.6. The van der Waals surface area contributed by atoms with E-state index in [2.05, 4.69) is 15.3 Å². The van der Waals surface area contributed by atoms with Crippen LogP contribution in [0.3, 0.4) is 0 Å². The van der Waals surface area contributed by atoms with Gasteiger partial charge in [-0.25, -0.2) is 4.79 Å². The number of aliphatic carboxylic acids is 1. The van der Waals surface area contributed by atoms with Gasteiger partial charge in [-0.1, -0.05) is 24.3 Å². The number of hydrogen-bond acceptors (Lipinski definition) is 5. The molecule has 0 saturated heterocycles. The molecule has 2 aromatic heterocycles. The van der Waals surface area contributed by atoms with E-state index in [1.165, 1.54) is 10.6 Å². The lowest BCUT2D eigenvalue weighted by Gasteiger charge is -2.14. The minimum absolute atomic E-state index is 0.0911. The molecule has 10 heteroatoms. The van der Waals surface area contributed by atoms with Gasteiger partial charge in [-0.05, 0) is 36.4 Å². The number of carbonyl (C=O) groups is 2. The van der Waals surface area contributed by atoms with E-state index < -0.39 is 23.5 Å². The van der Waals surface area contributed by atoms with Gasteiger partial charge in [-0.3, -0.25) is 19.6 Å². The van der Waals surface area contributed by atoms with Crippen LogP contribution in [0.15, 0.2) is 64.6 Å². The molecule has 0 saturated carbocycles. The number of guanidine groups is 1. The van der Waals surface area contributed by atoms with Crippen molar-refractivity contribution < 1.29 is 14.7 Å². The van der Waals surface area contributed by atoms with Crippen molar-refractivity contribution in [2.24, 2.45) is 16.5 Å². The average molecular weight is 436 g/mol. The van der Waals surface area contributed by atoms with Gasteiger partial charge in [-0.15, -0.1) is 0 Å². The Hall–Kier alpha value is -4.21. The molecule has 2 heterocycles. The van der Waals surface area contributed by atoms with Crippen molar-refractivity contribution in [3.05, 3.63) is 76.5 Å². The summed E-state index contributed by atoms with van der Waals surface area (Å²) in [6, 6.07) is 11.4. The molecule has 10 nitrogen and oxygen atoms in total. The third kappa shape index (κ3) is 5.69. The molecule has 0 aliphatic carbocycles. The Morgan fingerprint density at radius 2 is 1.91 bits per heavy atom. The SMILES string of the molecule is NC(N)=NCCC[C@H](NC(=O)c1cccn(Cc2cc3ccccc3cn2)c1=O)C(=O)O. The molecule has 3 aromatic rings. The quantitative estimate of drug-likeness (QED) is 0.217. The summed E-state index contributed by atoms with van der Waals surface area (Å²) in [5, 5.41) is 13.8. The number of carbonyl (C=O) groups excluding carboxylic acids is 1. The van der Waals surface area contributed by atoms with Crippen molar-refractivity contribution in [1.82, 2.24) is 14.9 Å². The van der Waals surface area contributed by atoms with Gasteiger partial charge in [0.15, 0.2) is 5.96 Å². The highest BCUT2D eigenvalue weighted by molar-refractivity contribution is 5.96. The summed E-state index contributed by atoms with van der Waals surface area (Å²) in [4.78, 5) is 45.1. The number of rotatable bonds is 9. The van der Waals surface area contributed by atoms with Crippen LogP contribution < -0.4 is 22.3 Å². The number of nitrogens with zero attached hydrogens (tertiary/aromatic N) is 3. The fraction of sp³-hybridized carbons (Fsp3) is 0.227. The number of fused-ring (bicyclic) bond motifs is 1. The lowest BCUT2D eigenvalue weighted by atomic mass is 10.1. The van der Waals surface area contributed by atoms with E-state index in [1.54, 1.807) is 18.5 Å². The van der Waals surface area contributed by atoms with Crippen LogP contribution in [0.4, 0.5) is 0 Å². The van der Waals surface area contributed by atoms with Crippen LogP contribution >= 0.6 is 0 Å². The highest BCUT2D eigenvalue weighted by Crippen LogP contribution is 2.13. The number of carboxylic acid groups (broad SMARTS) is 1. The first-order valence-corrected chi connectivity index (χ1v) is 9.97. The Kier molecular flexibility index (Phi) is 7.17. The molecular formula is C22H24N6O4. The highest BCUT2D eigenvalue weighted by Gasteiger charge is 2.22. The van der Waals surface area contributed by atoms with Gasteiger partial charge in [-0.2, -0.15) is 0 Å². The minimum Gasteiger partial charge on any atom is -0.480 e. The lowest BCUT2D eigenvalue weighted by Crippen LogP contribution is -2.43. The maximum absolute atomic E-state index is 12.8. The molecule has 166 valence electrons. The van der Waals surface area contributed by atoms with Gasteiger partial charge in [0.05, 0.1) is 12.2 Å². The van der Waals surface area contributed by atoms with Crippen LogP contribution in [-0.4, -0.2) is 45.1 Å². The topological polar surface area (TPSA) is 166 Å². The van der Waals surface area contributed by atoms with E-state index in [-0.39, 0.29) is 31.0 Å². The van der Waals surface area contributed by atoms with Crippen molar-refractivity contribution in [2.75, 3.05) is 6.54 Å². The third-order valence-corrected chi connectivity index (χ3v) is 4.83. The Morgan fingerprint density at radius 1 is 1.16 bits per heavy atom. The second-order valence-corrected chi connectivity index (χ2v) is 7.19. The third-order valence-electron chi connectivity index (χ3n) is 4.83. The molecule has 0 aliphatic rings. The summed E-state index contributed by atoms with van der Waals surface area (Å²) in [7, 11) is 0. The molecule has 1 amide bonds. The maximum atomic E-state index is 12.8. The number of carboxylic acids is 1. The number of pyridine rings is 2. The summed E-state index contributed by atoms with van der Waals surface area (Å²) >= 11 is 0. The molecule has 1 atom stereocenters. The molecular weight excluding hydrogens is 412 g/mol. The van der Waals surface area contributed by atoms with Gasteiger partial charge >= 0.3 is 5.97 Å².